The van der Waals surface area contributed by atoms with Gasteiger partial charge in [-0.1, -0.05) is 6.07 Å². The van der Waals surface area contributed by atoms with Gasteiger partial charge in [0.2, 0.25) is 5.88 Å². The van der Waals surface area contributed by atoms with E-state index >= 15 is 0 Å². The SMILES string of the molecule is Cc1ccsc1CN1CC2(CC(Oc3ccccn3)CCO2)C1. The Morgan fingerprint density at radius 2 is 2.30 bits per heavy atom. The number of ether oxygens (including phenoxy) is 2. The molecule has 0 bridgehead atoms. The summed E-state index contributed by atoms with van der Waals surface area (Å²) in [5.74, 6) is 0.722. The lowest BCUT2D eigenvalue weighted by molar-refractivity contribution is -0.188. The maximum atomic E-state index is 6.11. The van der Waals surface area contributed by atoms with Crippen LogP contribution in [0.4, 0.5) is 0 Å². The first-order valence-corrected chi connectivity index (χ1v) is 9.07. The fourth-order valence-electron chi connectivity index (χ4n) is 3.54. The van der Waals surface area contributed by atoms with Crippen LogP contribution in [0.1, 0.15) is 23.3 Å². The van der Waals surface area contributed by atoms with Crippen molar-refractivity contribution in [1.82, 2.24) is 9.88 Å². The van der Waals surface area contributed by atoms with E-state index in [0.717, 1.165) is 45.0 Å². The molecule has 1 atom stereocenters. The van der Waals surface area contributed by atoms with Crippen LogP contribution in [0.25, 0.3) is 0 Å². The summed E-state index contributed by atoms with van der Waals surface area (Å²) in [5.41, 5.74) is 1.39. The van der Waals surface area contributed by atoms with Crippen LogP contribution in [-0.2, 0) is 11.3 Å². The van der Waals surface area contributed by atoms with Gasteiger partial charge in [0, 0.05) is 49.6 Å². The van der Waals surface area contributed by atoms with E-state index in [4.69, 9.17) is 9.47 Å². The average Bonchev–Trinajstić information content (AvgIpc) is 2.92. The summed E-state index contributed by atoms with van der Waals surface area (Å²) in [4.78, 5) is 8.21. The van der Waals surface area contributed by atoms with E-state index in [1.807, 2.05) is 29.5 Å². The zero-order valence-electron chi connectivity index (χ0n) is 13.4. The Balaban J connectivity index is 1.33. The molecule has 2 aromatic heterocycles. The van der Waals surface area contributed by atoms with Gasteiger partial charge in [-0.05, 0) is 30.0 Å². The highest BCUT2D eigenvalue weighted by atomic mass is 32.1. The minimum atomic E-state index is -0.0111. The number of nitrogens with zero attached hydrogens (tertiary/aromatic N) is 2. The Bertz CT molecular complexity index is 652. The Morgan fingerprint density at radius 3 is 3.04 bits per heavy atom. The minimum Gasteiger partial charge on any atom is -0.474 e. The predicted octanol–water partition coefficient (Wildman–Crippen LogP) is 3.26. The molecule has 4 rings (SSSR count). The van der Waals surface area contributed by atoms with E-state index in [9.17, 15) is 0 Å². The van der Waals surface area contributed by atoms with Crippen LogP contribution in [0.2, 0.25) is 0 Å². The molecule has 0 saturated carbocycles. The zero-order chi connectivity index (χ0) is 15.7. The smallest absolute Gasteiger partial charge is 0.213 e. The molecule has 0 aromatic carbocycles. The Hall–Kier alpha value is -1.43. The Labute approximate surface area is 141 Å². The van der Waals surface area contributed by atoms with Crippen LogP contribution >= 0.6 is 11.3 Å². The van der Waals surface area contributed by atoms with Gasteiger partial charge in [0.05, 0.1) is 12.2 Å². The molecule has 0 radical (unpaired) electrons. The molecule has 0 aliphatic carbocycles. The number of likely N-dealkylation sites (tertiary alicyclic amines) is 1. The van der Waals surface area contributed by atoms with Crippen molar-refractivity contribution in [2.45, 2.75) is 38.0 Å². The van der Waals surface area contributed by atoms with Crippen molar-refractivity contribution in [1.29, 1.82) is 0 Å². The predicted molar refractivity (Wildman–Crippen MR) is 90.9 cm³/mol. The molecule has 23 heavy (non-hydrogen) atoms. The molecule has 0 amide bonds. The quantitative estimate of drug-likeness (QED) is 0.862. The summed E-state index contributed by atoms with van der Waals surface area (Å²) in [7, 11) is 0. The number of aromatic nitrogens is 1. The number of hydrogen-bond donors (Lipinski definition) is 0. The van der Waals surface area contributed by atoms with Crippen molar-refractivity contribution >= 4 is 11.3 Å². The molecule has 4 nitrogen and oxygen atoms in total. The molecule has 2 aromatic rings. The van der Waals surface area contributed by atoms with Gasteiger partial charge in [-0.2, -0.15) is 0 Å². The summed E-state index contributed by atoms with van der Waals surface area (Å²) < 4.78 is 12.1. The molecule has 0 N–H and O–H groups in total. The molecule has 2 aliphatic rings. The zero-order valence-corrected chi connectivity index (χ0v) is 14.2. The van der Waals surface area contributed by atoms with Gasteiger partial charge in [0.15, 0.2) is 0 Å². The van der Waals surface area contributed by atoms with Crippen molar-refractivity contribution in [3.05, 3.63) is 46.3 Å². The summed E-state index contributed by atoms with van der Waals surface area (Å²) in [6, 6.07) is 8.00. The van der Waals surface area contributed by atoms with Gasteiger partial charge in [0.25, 0.3) is 0 Å². The van der Waals surface area contributed by atoms with Crippen molar-refractivity contribution in [2.24, 2.45) is 0 Å². The minimum absolute atomic E-state index is 0.0111. The maximum absolute atomic E-state index is 6.11. The number of hydrogen-bond acceptors (Lipinski definition) is 5. The standard InChI is InChI=1S/C18H22N2O2S/c1-14-6-9-23-16(14)11-20-12-18(13-20)10-15(5-8-21-18)22-17-4-2-3-7-19-17/h2-4,6-7,9,15H,5,8,10-13H2,1H3. The summed E-state index contributed by atoms with van der Waals surface area (Å²) in [6.07, 6.45) is 3.90. The molecule has 2 aliphatic heterocycles. The first-order valence-electron chi connectivity index (χ1n) is 8.19. The average molecular weight is 330 g/mol. The van der Waals surface area contributed by atoms with E-state index < -0.39 is 0 Å². The molecule has 2 saturated heterocycles. The van der Waals surface area contributed by atoms with Crippen LogP contribution in [0, 0.1) is 6.92 Å². The fraction of sp³-hybridized carbons (Fsp3) is 0.500. The molecular formula is C18H22N2O2S. The normalized spacial score (nSPS) is 23.6. The van der Waals surface area contributed by atoms with Crippen molar-refractivity contribution < 1.29 is 9.47 Å². The fourth-order valence-corrected chi connectivity index (χ4v) is 4.49. The largest absolute Gasteiger partial charge is 0.474 e. The monoisotopic (exact) mass is 330 g/mol. The van der Waals surface area contributed by atoms with E-state index in [-0.39, 0.29) is 11.7 Å². The van der Waals surface area contributed by atoms with E-state index in [1.54, 1.807) is 6.20 Å². The second kappa shape index (κ2) is 6.23. The van der Waals surface area contributed by atoms with Crippen LogP contribution < -0.4 is 4.74 Å². The van der Waals surface area contributed by atoms with Crippen molar-refractivity contribution in [2.75, 3.05) is 19.7 Å². The van der Waals surface area contributed by atoms with Crippen LogP contribution in [0.3, 0.4) is 0 Å². The van der Waals surface area contributed by atoms with Gasteiger partial charge in [-0.15, -0.1) is 11.3 Å². The van der Waals surface area contributed by atoms with E-state index in [1.165, 1.54) is 10.4 Å². The topological polar surface area (TPSA) is 34.6 Å². The lowest BCUT2D eigenvalue weighted by Crippen LogP contribution is -2.65. The molecule has 4 heterocycles. The van der Waals surface area contributed by atoms with E-state index in [2.05, 4.69) is 28.3 Å². The molecule has 122 valence electrons. The van der Waals surface area contributed by atoms with Crippen molar-refractivity contribution in [3.63, 3.8) is 0 Å². The molecule has 1 unspecified atom stereocenters. The third kappa shape index (κ3) is 3.27. The van der Waals surface area contributed by atoms with Gasteiger partial charge in [-0.25, -0.2) is 4.98 Å². The number of aryl methyl sites for hydroxylation is 1. The highest BCUT2D eigenvalue weighted by Crippen LogP contribution is 2.36. The van der Waals surface area contributed by atoms with Gasteiger partial charge < -0.3 is 9.47 Å². The highest BCUT2D eigenvalue weighted by Gasteiger charge is 2.48. The summed E-state index contributed by atoms with van der Waals surface area (Å²) in [5, 5.41) is 2.17. The highest BCUT2D eigenvalue weighted by molar-refractivity contribution is 7.10. The second-order valence-electron chi connectivity index (χ2n) is 6.60. The van der Waals surface area contributed by atoms with E-state index in [0.29, 0.717) is 0 Å². The number of pyridine rings is 1. The molecule has 5 heteroatoms. The summed E-state index contributed by atoms with van der Waals surface area (Å²) >= 11 is 1.85. The third-order valence-electron chi connectivity index (χ3n) is 4.73. The Morgan fingerprint density at radius 1 is 1.39 bits per heavy atom. The first kappa shape index (κ1) is 15.1. The third-order valence-corrected chi connectivity index (χ3v) is 5.74. The first-order chi connectivity index (χ1) is 11.2. The second-order valence-corrected chi connectivity index (χ2v) is 7.60. The molecule has 2 fully saturated rings. The lowest BCUT2D eigenvalue weighted by Gasteiger charge is -2.53. The molecule has 1 spiro atoms. The van der Waals surface area contributed by atoms with Gasteiger partial charge in [0.1, 0.15) is 6.10 Å². The van der Waals surface area contributed by atoms with Crippen LogP contribution in [0.5, 0.6) is 5.88 Å². The maximum Gasteiger partial charge on any atom is 0.213 e. The Kier molecular flexibility index (Phi) is 4.09. The number of rotatable bonds is 4. The van der Waals surface area contributed by atoms with Gasteiger partial charge >= 0.3 is 0 Å². The van der Waals surface area contributed by atoms with Gasteiger partial charge in [-0.3, -0.25) is 4.90 Å². The number of thiophene rings is 1. The van der Waals surface area contributed by atoms with Crippen LogP contribution in [0.15, 0.2) is 35.8 Å². The summed E-state index contributed by atoms with van der Waals surface area (Å²) in [6.45, 7) is 6.03. The lowest BCUT2D eigenvalue weighted by atomic mass is 9.84. The van der Waals surface area contributed by atoms with Crippen LogP contribution in [-0.4, -0.2) is 41.3 Å². The molecular weight excluding hydrogens is 308 g/mol. The van der Waals surface area contributed by atoms with Crippen molar-refractivity contribution in [3.8, 4) is 5.88 Å².